The van der Waals surface area contributed by atoms with Crippen LogP contribution in [-0.2, 0) is 6.42 Å². The fraction of sp³-hybridized carbons (Fsp3) is 0.294. The van der Waals surface area contributed by atoms with Crippen LogP contribution in [0, 0.1) is 12.7 Å². The zero-order valence-electron chi connectivity index (χ0n) is 13.3. The first-order valence-electron chi connectivity index (χ1n) is 7.59. The Hall–Kier alpha value is -1.99. The van der Waals surface area contributed by atoms with E-state index >= 15 is 0 Å². The zero-order valence-corrected chi connectivity index (χ0v) is 14.9. The summed E-state index contributed by atoms with van der Waals surface area (Å²) in [6, 6.07) is 6.46. The van der Waals surface area contributed by atoms with Gasteiger partial charge in [0.2, 0.25) is 0 Å². The maximum absolute atomic E-state index is 13.5. The van der Waals surface area contributed by atoms with Gasteiger partial charge >= 0.3 is 5.97 Å². The quantitative estimate of drug-likeness (QED) is 0.772. The van der Waals surface area contributed by atoms with Crippen molar-refractivity contribution in [3.05, 3.63) is 46.1 Å². The number of carbonyl (C=O) groups is 1. The lowest BCUT2D eigenvalue weighted by molar-refractivity contribution is 0.0698. The maximum atomic E-state index is 13.5. The second-order valence-corrected chi connectivity index (χ2v) is 7.51. The van der Waals surface area contributed by atoms with Gasteiger partial charge in [-0.1, -0.05) is 0 Å². The van der Waals surface area contributed by atoms with Crippen LogP contribution in [0.25, 0.3) is 0 Å². The van der Waals surface area contributed by atoms with E-state index in [2.05, 4.69) is 12.2 Å². The summed E-state index contributed by atoms with van der Waals surface area (Å²) in [6.45, 7) is 3.91. The first kappa shape index (κ1) is 16.9. The smallest absolute Gasteiger partial charge is 0.338 e. The summed E-state index contributed by atoms with van der Waals surface area (Å²) in [5.74, 6) is -1.25. The molecule has 0 amide bonds. The van der Waals surface area contributed by atoms with Crippen LogP contribution in [-0.4, -0.2) is 22.2 Å². The summed E-state index contributed by atoms with van der Waals surface area (Å²) in [7, 11) is 0. The lowest BCUT2D eigenvalue weighted by atomic mass is 9.97. The van der Waals surface area contributed by atoms with Gasteiger partial charge in [-0.15, -0.1) is 11.3 Å². The predicted octanol–water partition coefficient (Wildman–Crippen LogP) is 4.43. The summed E-state index contributed by atoms with van der Waals surface area (Å²) < 4.78 is 13.5. The van der Waals surface area contributed by atoms with E-state index in [1.165, 1.54) is 23.5 Å². The minimum absolute atomic E-state index is 0.150. The number of hydrogen-bond donors (Lipinski definition) is 2. The maximum Gasteiger partial charge on any atom is 0.338 e. The van der Waals surface area contributed by atoms with E-state index in [9.17, 15) is 14.3 Å². The summed E-state index contributed by atoms with van der Waals surface area (Å²) in [4.78, 5) is 14.2. The summed E-state index contributed by atoms with van der Waals surface area (Å²) in [5, 5.41) is 13.3. The molecule has 2 aromatic rings. The second-order valence-electron chi connectivity index (χ2n) is 5.87. The number of carboxylic acid groups (broad SMARTS) is 1. The molecule has 4 nitrogen and oxygen atoms in total. The molecular weight excluding hydrogens is 347 g/mol. The van der Waals surface area contributed by atoms with Gasteiger partial charge in [0.25, 0.3) is 0 Å². The van der Waals surface area contributed by atoms with Crippen LogP contribution in [0.3, 0.4) is 0 Å². The molecule has 1 aromatic heterocycles. The van der Waals surface area contributed by atoms with Crippen LogP contribution in [0.15, 0.2) is 24.3 Å². The molecule has 2 heterocycles. The number of nitrogens with zero attached hydrogens (tertiary/aromatic N) is 1. The molecule has 1 aromatic carbocycles. The molecule has 0 saturated carbocycles. The highest BCUT2D eigenvalue weighted by Crippen LogP contribution is 2.33. The molecule has 0 spiro atoms. The monoisotopic (exact) mass is 364 g/mol. The van der Waals surface area contributed by atoms with Crippen molar-refractivity contribution in [3.63, 3.8) is 0 Å². The van der Waals surface area contributed by atoms with Gasteiger partial charge in [0.05, 0.1) is 5.56 Å². The van der Waals surface area contributed by atoms with Gasteiger partial charge in [0.15, 0.2) is 5.11 Å². The highest BCUT2D eigenvalue weighted by molar-refractivity contribution is 7.80. The SMILES string of the molecule is Cc1cc(C(=O)O)c(NC(=S)N2c3ccc(F)cc3CCC2C)s1. The Morgan fingerprint density at radius 1 is 1.46 bits per heavy atom. The number of aryl methyl sites for hydroxylation is 2. The lowest BCUT2D eigenvalue weighted by Crippen LogP contribution is -2.44. The Morgan fingerprint density at radius 2 is 2.21 bits per heavy atom. The average molecular weight is 364 g/mol. The molecule has 2 N–H and O–H groups in total. The van der Waals surface area contributed by atoms with Crippen molar-refractivity contribution in [2.45, 2.75) is 32.7 Å². The number of nitrogens with one attached hydrogen (secondary N) is 1. The minimum Gasteiger partial charge on any atom is -0.478 e. The number of anilines is 2. The molecule has 1 atom stereocenters. The van der Waals surface area contributed by atoms with E-state index in [4.69, 9.17) is 12.2 Å². The average Bonchev–Trinajstić information content (AvgIpc) is 2.88. The third-order valence-electron chi connectivity index (χ3n) is 4.10. The Bertz CT molecular complexity index is 819. The van der Waals surface area contributed by atoms with Gasteiger partial charge in [0, 0.05) is 16.6 Å². The molecule has 0 radical (unpaired) electrons. The van der Waals surface area contributed by atoms with Gasteiger partial charge in [-0.2, -0.15) is 0 Å². The topological polar surface area (TPSA) is 52.6 Å². The number of rotatable bonds is 2. The normalized spacial score (nSPS) is 16.6. The number of carboxylic acids is 1. The molecule has 0 fully saturated rings. The molecule has 126 valence electrons. The summed E-state index contributed by atoms with van der Waals surface area (Å²) in [5.41, 5.74) is 2.00. The van der Waals surface area contributed by atoms with Crippen LogP contribution in [0.1, 0.15) is 34.1 Å². The molecular formula is C17H17FN2O2S2. The third-order valence-corrected chi connectivity index (χ3v) is 5.36. The molecule has 24 heavy (non-hydrogen) atoms. The van der Waals surface area contributed by atoms with Crippen LogP contribution in [0.2, 0.25) is 0 Å². The Morgan fingerprint density at radius 3 is 2.92 bits per heavy atom. The van der Waals surface area contributed by atoms with E-state index in [-0.39, 0.29) is 17.4 Å². The number of hydrogen-bond acceptors (Lipinski definition) is 3. The molecule has 7 heteroatoms. The van der Waals surface area contributed by atoms with Gasteiger partial charge < -0.3 is 15.3 Å². The van der Waals surface area contributed by atoms with Crippen molar-refractivity contribution >= 4 is 45.3 Å². The Kier molecular flexibility index (Phi) is 4.56. The van der Waals surface area contributed by atoms with E-state index in [0.717, 1.165) is 29.0 Å². The van der Waals surface area contributed by atoms with Gasteiger partial charge in [-0.25, -0.2) is 9.18 Å². The van der Waals surface area contributed by atoms with Crippen molar-refractivity contribution in [1.29, 1.82) is 0 Å². The number of aromatic carboxylic acids is 1. The minimum atomic E-state index is -0.987. The standard InChI is InChI=1S/C17H17FN2O2S2/c1-9-3-4-11-8-12(18)5-6-14(11)20(9)17(23)19-15-13(16(21)22)7-10(2)24-15/h5-9H,3-4H2,1-2H3,(H,19,23)(H,21,22). The van der Waals surface area contributed by atoms with Crippen molar-refractivity contribution in [2.75, 3.05) is 10.2 Å². The van der Waals surface area contributed by atoms with Crippen LogP contribution >= 0.6 is 23.6 Å². The highest BCUT2D eigenvalue weighted by atomic mass is 32.1. The van der Waals surface area contributed by atoms with E-state index in [1.54, 1.807) is 12.1 Å². The number of thiocarbonyl (C=S) groups is 1. The third kappa shape index (κ3) is 3.14. The van der Waals surface area contributed by atoms with E-state index in [1.807, 2.05) is 11.8 Å². The van der Waals surface area contributed by atoms with Crippen LogP contribution in [0.5, 0.6) is 0 Å². The summed E-state index contributed by atoms with van der Waals surface area (Å²) in [6.07, 6.45) is 1.65. The zero-order chi connectivity index (χ0) is 17.4. The Labute approximate surface area is 148 Å². The number of thiophene rings is 1. The van der Waals surface area contributed by atoms with Crippen LogP contribution < -0.4 is 10.2 Å². The van der Waals surface area contributed by atoms with Gasteiger partial charge in [-0.05, 0) is 68.7 Å². The first-order chi connectivity index (χ1) is 11.4. The molecule has 0 saturated heterocycles. The van der Waals surface area contributed by atoms with E-state index in [0.29, 0.717) is 10.1 Å². The van der Waals surface area contributed by atoms with E-state index < -0.39 is 5.97 Å². The fourth-order valence-electron chi connectivity index (χ4n) is 2.95. The summed E-state index contributed by atoms with van der Waals surface area (Å²) >= 11 is 6.89. The Balaban J connectivity index is 1.92. The number of fused-ring (bicyclic) bond motifs is 1. The van der Waals surface area contributed by atoms with Crippen molar-refractivity contribution in [1.82, 2.24) is 0 Å². The highest BCUT2D eigenvalue weighted by Gasteiger charge is 2.27. The molecule has 1 aliphatic heterocycles. The predicted molar refractivity (Wildman–Crippen MR) is 98.9 cm³/mol. The molecule has 0 bridgehead atoms. The lowest BCUT2D eigenvalue weighted by Gasteiger charge is -2.37. The van der Waals surface area contributed by atoms with Gasteiger partial charge in [0.1, 0.15) is 10.8 Å². The largest absolute Gasteiger partial charge is 0.478 e. The number of benzene rings is 1. The number of halogens is 1. The molecule has 0 aliphatic carbocycles. The molecule has 3 rings (SSSR count). The van der Waals surface area contributed by atoms with Crippen molar-refractivity contribution in [3.8, 4) is 0 Å². The fourth-order valence-corrected chi connectivity index (χ4v) is 4.30. The first-order valence-corrected chi connectivity index (χ1v) is 8.81. The molecule has 1 aliphatic rings. The van der Waals surface area contributed by atoms with Crippen molar-refractivity contribution < 1.29 is 14.3 Å². The molecule has 1 unspecified atom stereocenters. The van der Waals surface area contributed by atoms with Crippen LogP contribution in [0.4, 0.5) is 15.1 Å². The van der Waals surface area contributed by atoms with Gasteiger partial charge in [-0.3, -0.25) is 0 Å². The van der Waals surface area contributed by atoms with Crippen molar-refractivity contribution in [2.24, 2.45) is 0 Å². The second kappa shape index (κ2) is 6.49.